The number of ether oxygens (including phenoxy) is 1. The Bertz CT molecular complexity index is 271. The molecule has 0 aromatic heterocycles. The van der Waals surface area contributed by atoms with E-state index in [1.165, 1.54) is 0 Å². The molecule has 5 nitrogen and oxygen atoms in total. The van der Waals surface area contributed by atoms with Gasteiger partial charge in [0.15, 0.2) is 0 Å². The first-order valence-corrected chi connectivity index (χ1v) is 6.93. The molecule has 0 aliphatic carbocycles. The summed E-state index contributed by atoms with van der Waals surface area (Å²) >= 11 is 0. The average Bonchev–Trinajstić information content (AvgIpc) is 2.31. The molecule has 0 amide bonds. The van der Waals surface area contributed by atoms with E-state index in [-0.39, 0.29) is 17.4 Å². The van der Waals surface area contributed by atoms with Crippen LogP contribution in [0.1, 0.15) is 59.8 Å². The van der Waals surface area contributed by atoms with Gasteiger partial charge < -0.3 is 9.57 Å². The molecule has 112 valence electrons. The van der Waals surface area contributed by atoms with Crippen molar-refractivity contribution in [2.75, 3.05) is 13.2 Å². The fourth-order valence-corrected chi connectivity index (χ4v) is 1.19. The Balaban J connectivity index is 3.48. The SMILES string of the molecule is CCCNOC(=O)CCCCC(=O)OCC(C)(C)C. The molecule has 0 aromatic rings. The van der Waals surface area contributed by atoms with Crippen molar-refractivity contribution in [2.45, 2.75) is 59.8 Å². The lowest BCUT2D eigenvalue weighted by atomic mass is 9.99. The van der Waals surface area contributed by atoms with Crippen molar-refractivity contribution in [1.29, 1.82) is 0 Å². The van der Waals surface area contributed by atoms with E-state index in [9.17, 15) is 9.59 Å². The summed E-state index contributed by atoms with van der Waals surface area (Å²) in [5, 5.41) is 0. The summed E-state index contributed by atoms with van der Waals surface area (Å²) in [5.41, 5.74) is 2.57. The highest BCUT2D eigenvalue weighted by atomic mass is 16.7. The Morgan fingerprint density at radius 1 is 1.05 bits per heavy atom. The second kappa shape index (κ2) is 9.78. The summed E-state index contributed by atoms with van der Waals surface area (Å²) in [6, 6.07) is 0. The van der Waals surface area contributed by atoms with Crippen molar-refractivity contribution >= 4 is 11.9 Å². The number of hydrogen-bond donors (Lipinski definition) is 1. The van der Waals surface area contributed by atoms with E-state index in [0.29, 0.717) is 38.8 Å². The minimum atomic E-state index is -0.281. The van der Waals surface area contributed by atoms with E-state index in [1.807, 2.05) is 27.7 Å². The molecule has 1 N–H and O–H groups in total. The number of hydrogen-bond acceptors (Lipinski definition) is 5. The first-order chi connectivity index (χ1) is 8.85. The second-order valence-corrected chi connectivity index (χ2v) is 5.80. The van der Waals surface area contributed by atoms with Crippen molar-refractivity contribution < 1.29 is 19.2 Å². The highest BCUT2D eigenvalue weighted by molar-refractivity contribution is 5.70. The van der Waals surface area contributed by atoms with Gasteiger partial charge in [-0.25, -0.2) is 0 Å². The summed E-state index contributed by atoms with van der Waals surface area (Å²) in [6.45, 7) is 9.11. The summed E-state index contributed by atoms with van der Waals surface area (Å²) in [6.07, 6.45) is 2.87. The van der Waals surface area contributed by atoms with Gasteiger partial charge in [0.2, 0.25) is 0 Å². The zero-order valence-corrected chi connectivity index (χ0v) is 12.6. The van der Waals surface area contributed by atoms with Crippen molar-refractivity contribution in [2.24, 2.45) is 5.41 Å². The van der Waals surface area contributed by atoms with Gasteiger partial charge in [-0.15, -0.1) is 0 Å². The number of rotatable bonds is 9. The van der Waals surface area contributed by atoms with E-state index in [0.717, 1.165) is 6.42 Å². The normalized spacial score (nSPS) is 11.2. The lowest BCUT2D eigenvalue weighted by Crippen LogP contribution is -2.20. The third-order valence-corrected chi connectivity index (χ3v) is 2.22. The molecule has 0 rings (SSSR count). The van der Waals surface area contributed by atoms with Gasteiger partial charge in [-0.2, -0.15) is 5.48 Å². The monoisotopic (exact) mass is 273 g/mol. The van der Waals surface area contributed by atoms with Crippen LogP contribution in [-0.2, 0) is 19.2 Å². The first kappa shape index (κ1) is 17.9. The molecule has 0 bridgehead atoms. The van der Waals surface area contributed by atoms with Crippen LogP contribution in [0.4, 0.5) is 0 Å². The molecule has 5 heteroatoms. The van der Waals surface area contributed by atoms with Gasteiger partial charge in [0, 0.05) is 19.4 Å². The van der Waals surface area contributed by atoms with Gasteiger partial charge in [-0.1, -0.05) is 27.7 Å². The van der Waals surface area contributed by atoms with Crippen LogP contribution in [0.25, 0.3) is 0 Å². The maximum atomic E-state index is 11.4. The molecule has 0 saturated heterocycles. The van der Waals surface area contributed by atoms with E-state index < -0.39 is 0 Å². The van der Waals surface area contributed by atoms with Crippen LogP contribution in [0.5, 0.6) is 0 Å². The molecule has 0 aromatic carbocycles. The van der Waals surface area contributed by atoms with Crippen molar-refractivity contribution in [3.8, 4) is 0 Å². The smallest absolute Gasteiger partial charge is 0.324 e. The molecular weight excluding hydrogens is 246 g/mol. The number of unbranched alkanes of at least 4 members (excludes halogenated alkanes) is 1. The van der Waals surface area contributed by atoms with Crippen LogP contribution >= 0.6 is 0 Å². The molecular formula is C14H27NO4. The standard InChI is InChI=1S/C14H27NO4/c1-5-10-15-19-13(17)9-7-6-8-12(16)18-11-14(2,3)4/h15H,5-11H2,1-4H3. The van der Waals surface area contributed by atoms with E-state index in [4.69, 9.17) is 9.57 Å². The highest BCUT2D eigenvalue weighted by Crippen LogP contribution is 2.13. The van der Waals surface area contributed by atoms with E-state index in [1.54, 1.807) is 0 Å². The number of carbonyl (C=O) groups is 2. The average molecular weight is 273 g/mol. The largest absolute Gasteiger partial charge is 0.465 e. The number of nitrogens with one attached hydrogen (secondary N) is 1. The molecule has 0 fully saturated rings. The molecule has 0 unspecified atom stereocenters. The van der Waals surface area contributed by atoms with Crippen molar-refractivity contribution in [1.82, 2.24) is 5.48 Å². The zero-order valence-electron chi connectivity index (χ0n) is 12.6. The molecule has 0 aliphatic heterocycles. The highest BCUT2D eigenvalue weighted by Gasteiger charge is 2.13. The summed E-state index contributed by atoms with van der Waals surface area (Å²) in [4.78, 5) is 27.4. The van der Waals surface area contributed by atoms with Crippen molar-refractivity contribution in [3.63, 3.8) is 0 Å². The van der Waals surface area contributed by atoms with Gasteiger partial charge in [-0.05, 0) is 24.7 Å². The maximum Gasteiger partial charge on any atom is 0.324 e. The van der Waals surface area contributed by atoms with E-state index >= 15 is 0 Å². The zero-order chi connectivity index (χ0) is 14.7. The topological polar surface area (TPSA) is 64.6 Å². The van der Waals surface area contributed by atoms with Gasteiger partial charge in [-0.3, -0.25) is 9.59 Å². The third-order valence-electron chi connectivity index (χ3n) is 2.22. The third kappa shape index (κ3) is 13.1. The van der Waals surface area contributed by atoms with Crippen LogP contribution in [0, 0.1) is 5.41 Å². The molecule has 0 spiro atoms. The van der Waals surface area contributed by atoms with Crippen LogP contribution in [0.15, 0.2) is 0 Å². The molecule has 0 heterocycles. The lowest BCUT2D eigenvalue weighted by Gasteiger charge is -2.17. The van der Waals surface area contributed by atoms with Gasteiger partial charge in [0.05, 0.1) is 6.61 Å². The molecule has 0 saturated carbocycles. The first-order valence-electron chi connectivity index (χ1n) is 6.93. The Kier molecular flexibility index (Phi) is 9.21. The minimum Gasteiger partial charge on any atom is -0.465 e. The van der Waals surface area contributed by atoms with Crippen LogP contribution in [-0.4, -0.2) is 25.1 Å². The predicted molar refractivity (Wildman–Crippen MR) is 73.3 cm³/mol. The quantitative estimate of drug-likeness (QED) is 0.397. The van der Waals surface area contributed by atoms with Gasteiger partial charge >= 0.3 is 11.9 Å². The lowest BCUT2D eigenvalue weighted by molar-refractivity contribution is -0.152. The fraction of sp³-hybridized carbons (Fsp3) is 0.857. The second-order valence-electron chi connectivity index (χ2n) is 5.80. The van der Waals surface area contributed by atoms with Crippen LogP contribution in [0.3, 0.4) is 0 Å². The summed E-state index contributed by atoms with van der Waals surface area (Å²) < 4.78 is 5.13. The Morgan fingerprint density at radius 3 is 2.16 bits per heavy atom. The molecule has 0 aliphatic rings. The van der Waals surface area contributed by atoms with E-state index in [2.05, 4.69) is 5.48 Å². The fourth-order valence-electron chi connectivity index (χ4n) is 1.19. The molecule has 0 radical (unpaired) electrons. The molecule has 0 atom stereocenters. The number of carbonyl (C=O) groups excluding carboxylic acids is 2. The van der Waals surface area contributed by atoms with Gasteiger partial charge in [0.25, 0.3) is 0 Å². The van der Waals surface area contributed by atoms with Crippen LogP contribution in [0.2, 0.25) is 0 Å². The predicted octanol–water partition coefficient (Wildman–Crippen LogP) is 2.59. The van der Waals surface area contributed by atoms with Crippen molar-refractivity contribution in [3.05, 3.63) is 0 Å². The summed E-state index contributed by atoms with van der Waals surface area (Å²) in [5.74, 6) is -0.482. The maximum absolute atomic E-state index is 11.4. The summed E-state index contributed by atoms with van der Waals surface area (Å²) in [7, 11) is 0. The minimum absolute atomic E-state index is 0.00951. The Labute approximate surface area is 116 Å². The molecule has 19 heavy (non-hydrogen) atoms. The number of esters is 1. The Morgan fingerprint density at radius 2 is 1.63 bits per heavy atom. The van der Waals surface area contributed by atoms with Gasteiger partial charge in [0.1, 0.15) is 0 Å². The Hall–Kier alpha value is -1.10. The van der Waals surface area contributed by atoms with Crippen LogP contribution < -0.4 is 5.48 Å². The number of hydroxylamine groups is 1.